The van der Waals surface area contributed by atoms with Crippen LogP contribution in [0.2, 0.25) is 4.34 Å². The Hall–Kier alpha value is -1.10. The minimum absolute atomic E-state index is 0.0842. The van der Waals surface area contributed by atoms with Gasteiger partial charge in [0.1, 0.15) is 5.76 Å². The minimum atomic E-state index is -0.204. The monoisotopic (exact) mass is 283 g/mol. The van der Waals surface area contributed by atoms with Crippen molar-refractivity contribution in [1.29, 1.82) is 0 Å². The van der Waals surface area contributed by atoms with Crippen molar-refractivity contribution >= 4 is 28.7 Å². The van der Waals surface area contributed by atoms with Gasteiger partial charge < -0.3 is 4.42 Å². The summed E-state index contributed by atoms with van der Waals surface area (Å²) in [4.78, 5) is 14.9. The van der Waals surface area contributed by atoms with Gasteiger partial charge in [-0.25, -0.2) is 0 Å². The predicted octanol–water partition coefficient (Wildman–Crippen LogP) is 3.70. The zero-order valence-electron chi connectivity index (χ0n) is 10.2. The average Bonchev–Trinajstić information content (AvgIpc) is 2.98. The van der Waals surface area contributed by atoms with E-state index < -0.39 is 0 Å². The van der Waals surface area contributed by atoms with E-state index in [2.05, 4.69) is 0 Å². The standard InChI is InChI=1S/C13H14ClNO2S/c1-9(13(16)11-5-6-12(14)18-11)15(2)8-10-4-3-7-17-10/h3-7,9H,8H2,1-2H3. The van der Waals surface area contributed by atoms with Gasteiger partial charge in [-0.15, -0.1) is 11.3 Å². The molecule has 0 spiro atoms. The van der Waals surface area contributed by atoms with Crippen molar-refractivity contribution in [3.63, 3.8) is 0 Å². The molecule has 2 heterocycles. The molecule has 0 aliphatic carbocycles. The molecule has 0 aromatic carbocycles. The molecule has 18 heavy (non-hydrogen) atoms. The zero-order chi connectivity index (χ0) is 13.1. The van der Waals surface area contributed by atoms with Gasteiger partial charge in [-0.05, 0) is 38.2 Å². The molecule has 0 amide bonds. The Kier molecular flexibility index (Phi) is 4.22. The third-order valence-corrected chi connectivity index (χ3v) is 4.09. The Morgan fingerprint density at radius 1 is 1.50 bits per heavy atom. The summed E-state index contributed by atoms with van der Waals surface area (Å²) in [6, 6.07) is 7.06. The highest BCUT2D eigenvalue weighted by atomic mass is 35.5. The summed E-state index contributed by atoms with van der Waals surface area (Å²) in [5.74, 6) is 0.933. The molecule has 1 atom stereocenters. The van der Waals surface area contributed by atoms with E-state index in [4.69, 9.17) is 16.0 Å². The largest absolute Gasteiger partial charge is 0.468 e. The molecule has 96 valence electrons. The normalized spacial score (nSPS) is 12.9. The zero-order valence-corrected chi connectivity index (χ0v) is 11.8. The van der Waals surface area contributed by atoms with Crippen LogP contribution in [-0.2, 0) is 6.54 Å². The van der Waals surface area contributed by atoms with Crippen LogP contribution in [-0.4, -0.2) is 23.8 Å². The lowest BCUT2D eigenvalue weighted by Crippen LogP contribution is -2.35. The number of thiophene rings is 1. The van der Waals surface area contributed by atoms with E-state index in [0.29, 0.717) is 15.8 Å². The van der Waals surface area contributed by atoms with E-state index in [0.717, 1.165) is 5.76 Å². The van der Waals surface area contributed by atoms with Gasteiger partial charge in [0.05, 0.1) is 28.1 Å². The number of rotatable bonds is 5. The Balaban J connectivity index is 2.02. The second-order valence-electron chi connectivity index (χ2n) is 4.14. The molecule has 3 nitrogen and oxygen atoms in total. The minimum Gasteiger partial charge on any atom is -0.468 e. The maximum Gasteiger partial charge on any atom is 0.189 e. The van der Waals surface area contributed by atoms with Crippen molar-refractivity contribution in [3.8, 4) is 0 Å². The number of furan rings is 1. The van der Waals surface area contributed by atoms with Gasteiger partial charge >= 0.3 is 0 Å². The highest BCUT2D eigenvalue weighted by Gasteiger charge is 2.21. The van der Waals surface area contributed by atoms with E-state index in [1.807, 2.05) is 31.0 Å². The second kappa shape index (κ2) is 5.69. The van der Waals surface area contributed by atoms with Gasteiger partial charge in [-0.1, -0.05) is 11.6 Å². The Bertz CT molecular complexity index is 521. The number of carbonyl (C=O) groups excluding carboxylic acids is 1. The van der Waals surface area contributed by atoms with Crippen molar-refractivity contribution in [1.82, 2.24) is 4.90 Å². The lowest BCUT2D eigenvalue weighted by molar-refractivity contribution is 0.0860. The van der Waals surface area contributed by atoms with Crippen molar-refractivity contribution < 1.29 is 9.21 Å². The summed E-state index contributed by atoms with van der Waals surface area (Å²) in [5.41, 5.74) is 0. The molecule has 2 aromatic rings. The Morgan fingerprint density at radius 3 is 2.83 bits per heavy atom. The number of ketones is 1. The lowest BCUT2D eigenvalue weighted by atomic mass is 10.1. The SMILES string of the molecule is CC(C(=O)c1ccc(Cl)s1)N(C)Cc1ccco1. The van der Waals surface area contributed by atoms with E-state index in [9.17, 15) is 4.79 Å². The maximum absolute atomic E-state index is 12.2. The molecule has 0 saturated carbocycles. The fourth-order valence-electron chi connectivity index (χ4n) is 1.64. The number of Topliss-reactive ketones (excluding diaryl/α,β-unsaturated/α-hetero) is 1. The molecule has 0 fully saturated rings. The van der Waals surface area contributed by atoms with Crippen LogP contribution < -0.4 is 0 Å². The molecule has 0 radical (unpaired) electrons. The van der Waals surface area contributed by atoms with Crippen molar-refractivity contribution in [2.75, 3.05) is 7.05 Å². The summed E-state index contributed by atoms with van der Waals surface area (Å²) in [6.45, 7) is 2.50. The van der Waals surface area contributed by atoms with Gasteiger partial charge in [-0.3, -0.25) is 9.69 Å². The first-order valence-electron chi connectivity index (χ1n) is 5.60. The number of nitrogens with zero attached hydrogens (tertiary/aromatic N) is 1. The van der Waals surface area contributed by atoms with E-state index >= 15 is 0 Å². The van der Waals surface area contributed by atoms with Crippen LogP contribution in [0.4, 0.5) is 0 Å². The van der Waals surface area contributed by atoms with Crippen LogP contribution >= 0.6 is 22.9 Å². The van der Waals surface area contributed by atoms with Crippen LogP contribution in [0.3, 0.4) is 0 Å². The van der Waals surface area contributed by atoms with E-state index in [-0.39, 0.29) is 11.8 Å². The number of hydrogen-bond donors (Lipinski definition) is 0. The summed E-state index contributed by atoms with van der Waals surface area (Å²) in [7, 11) is 1.90. The van der Waals surface area contributed by atoms with Crippen LogP contribution in [0.25, 0.3) is 0 Å². The first-order valence-corrected chi connectivity index (χ1v) is 6.79. The third kappa shape index (κ3) is 3.02. The van der Waals surface area contributed by atoms with Crippen molar-refractivity contribution in [2.24, 2.45) is 0 Å². The summed E-state index contributed by atoms with van der Waals surface area (Å²) >= 11 is 7.16. The average molecular weight is 284 g/mol. The van der Waals surface area contributed by atoms with Crippen LogP contribution in [0.1, 0.15) is 22.4 Å². The topological polar surface area (TPSA) is 33.5 Å². The van der Waals surface area contributed by atoms with E-state index in [1.54, 1.807) is 18.4 Å². The Labute approximate surface area is 115 Å². The molecular formula is C13H14ClNO2S. The first kappa shape index (κ1) is 13.3. The molecular weight excluding hydrogens is 270 g/mol. The predicted molar refractivity (Wildman–Crippen MR) is 73.3 cm³/mol. The quantitative estimate of drug-likeness (QED) is 0.785. The maximum atomic E-state index is 12.2. The fourth-order valence-corrected chi connectivity index (χ4v) is 2.70. The molecule has 2 rings (SSSR count). The van der Waals surface area contributed by atoms with Crippen LogP contribution in [0.5, 0.6) is 0 Å². The van der Waals surface area contributed by atoms with Gasteiger partial charge in [0.15, 0.2) is 5.78 Å². The summed E-state index contributed by atoms with van der Waals surface area (Å²) < 4.78 is 5.91. The first-order chi connectivity index (χ1) is 8.58. The molecule has 5 heteroatoms. The Morgan fingerprint density at radius 2 is 2.28 bits per heavy atom. The molecule has 1 unspecified atom stereocenters. The second-order valence-corrected chi connectivity index (χ2v) is 5.85. The fraction of sp³-hybridized carbons (Fsp3) is 0.308. The number of carbonyl (C=O) groups is 1. The van der Waals surface area contributed by atoms with Gasteiger partial charge in [-0.2, -0.15) is 0 Å². The van der Waals surface area contributed by atoms with Crippen molar-refractivity contribution in [2.45, 2.75) is 19.5 Å². The third-order valence-electron chi connectivity index (χ3n) is 2.84. The molecule has 2 aromatic heterocycles. The molecule has 0 saturated heterocycles. The number of hydrogen-bond acceptors (Lipinski definition) is 4. The highest BCUT2D eigenvalue weighted by molar-refractivity contribution is 7.18. The summed E-state index contributed by atoms with van der Waals surface area (Å²) in [6.07, 6.45) is 1.63. The molecule has 0 N–H and O–H groups in total. The van der Waals surface area contributed by atoms with Crippen LogP contribution in [0, 0.1) is 0 Å². The molecule has 0 aliphatic heterocycles. The van der Waals surface area contributed by atoms with Gasteiger partial charge in [0.25, 0.3) is 0 Å². The number of halogens is 1. The van der Waals surface area contributed by atoms with Gasteiger partial charge in [0.2, 0.25) is 0 Å². The summed E-state index contributed by atoms with van der Waals surface area (Å²) in [5, 5.41) is 0. The lowest BCUT2D eigenvalue weighted by Gasteiger charge is -2.21. The molecule has 0 bridgehead atoms. The van der Waals surface area contributed by atoms with Crippen LogP contribution in [0.15, 0.2) is 34.9 Å². The van der Waals surface area contributed by atoms with E-state index in [1.165, 1.54) is 11.3 Å². The molecule has 0 aliphatic rings. The highest BCUT2D eigenvalue weighted by Crippen LogP contribution is 2.23. The van der Waals surface area contributed by atoms with Gasteiger partial charge in [0, 0.05) is 0 Å². The van der Waals surface area contributed by atoms with Crippen molar-refractivity contribution in [3.05, 3.63) is 45.5 Å². The smallest absolute Gasteiger partial charge is 0.189 e. The number of likely N-dealkylation sites (N-methyl/N-ethyl adjacent to an activating group) is 1.